The zero-order valence-corrected chi connectivity index (χ0v) is 14.7. The second-order valence-corrected chi connectivity index (χ2v) is 7.54. The number of carbonyl (C=O) groups is 3. The van der Waals surface area contributed by atoms with Gasteiger partial charge in [-0.1, -0.05) is 13.2 Å². The minimum absolute atomic E-state index is 0.120. The molecule has 0 aromatic carbocycles. The number of epoxide rings is 1. The van der Waals surface area contributed by atoms with Crippen molar-refractivity contribution in [2.45, 2.75) is 56.7 Å². The Morgan fingerprint density at radius 2 is 2.04 bits per heavy atom. The van der Waals surface area contributed by atoms with Gasteiger partial charge in [0, 0.05) is 29.6 Å². The maximum absolute atomic E-state index is 12.2. The summed E-state index contributed by atoms with van der Waals surface area (Å²) in [5, 5.41) is 0. The third-order valence-corrected chi connectivity index (χ3v) is 5.44. The van der Waals surface area contributed by atoms with Gasteiger partial charge in [0.15, 0.2) is 0 Å². The quantitative estimate of drug-likeness (QED) is 0.318. The van der Waals surface area contributed by atoms with Crippen LogP contribution in [0.3, 0.4) is 0 Å². The van der Waals surface area contributed by atoms with Crippen LogP contribution in [0, 0.1) is 5.92 Å². The maximum Gasteiger partial charge on any atom is 0.334 e. The summed E-state index contributed by atoms with van der Waals surface area (Å²) in [4.78, 5) is 36.5. The average Bonchev–Trinajstić information content (AvgIpc) is 2.96. The third kappa shape index (κ3) is 2.58. The summed E-state index contributed by atoms with van der Waals surface area (Å²) < 4.78 is 22.3. The Balaban J connectivity index is 1.74. The van der Waals surface area contributed by atoms with Crippen LogP contribution >= 0.6 is 0 Å². The van der Waals surface area contributed by atoms with E-state index in [0.717, 1.165) is 0 Å². The largest absolute Gasteiger partial charge is 0.458 e. The molecule has 138 valence electrons. The first kappa shape index (κ1) is 17.0. The molecule has 3 aliphatic heterocycles. The SMILES string of the molecule is C=C(C)C(=O)O[C@@H]1CC2=C[C@H](C[C@@]3(C)O[C@H]3[C@H]3OC(=O)C(=C)[C@@H]31)OC2=O. The molecule has 0 aromatic heterocycles. The summed E-state index contributed by atoms with van der Waals surface area (Å²) in [5.74, 6) is -2.17. The van der Waals surface area contributed by atoms with Crippen LogP contribution in [0.4, 0.5) is 0 Å². The van der Waals surface area contributed by atoms with Gasteiger partial charge >= 0.3 is 17.9 Å². The molecule has 0 aromatic rings. The second-order valence-electron chi connectivity index (χ2n) is 7.54. The van der Waals surface area contributed by atoms with E-state index in [0.29, 0.717) is 12.0 Å². The van der Waals surface area contributed by atoms with Gasteiger partial charge in [-0.25, -0.2) is 14.4 Å². The summed E-state index contributed by atoms with van der Waals surface area (Å²) in [6.07, 6.45) is 0.167. The first-order valence-electron chi connectivity index (χ1n) is 8.55. The highest BCUT2D eigenvalue weighted by molar-refractivity contribution is 5.93. The molecular weight excluding hydrogens is 340 g/mol. The van der Waals surface area contributed by atoms with E-state index in [-0.39, 0.29) is 23.7 Å². The van der Waals surface area contributed by atoms with E-state index < -0.39 is 47.7 Å². The fraction of sp³-hybridized carbons (Fsp3) is 0.526. The predicted octanol–water partition coefficient (Wildman–Crippen LogP) is 1.38. The lowest BCUT2D eigenvalue weighted by Gasteiger charge is -2.27. The molecule has 0 spiro atoms. The third-order valence-electron chi connectivity index (χ3n) is 5.44. The molecule has 1 aliphatic carbocycles. The zero-order valence-electron chi connectivity index (χ0n) is 14.7. The summed E-state index contributed by atoms with van der Waals surface area (Å²) in [7, 11) is 0. The van der Waals surface area contributed by atoms with Crippen molar-refractivity contribution in [1.82, 2.24) is 0 Å². The summed E-state index contributed by atoms with van der Waals surface area (Å²) in [5.41, 5.74) is 0.285. The van der Waals surface area contributed by atoms with Gasteiger partial charge in [0.05, 0.1) is 11.5 Å². The number of hydrogen-bond donors (Lipinski definition) is 0. The van der Waals surface area contributed by atoms with Crippen LogP contribution in [-0.2, 0) is 33.3 Å². The Morgan fingerprint density at radius 3 is 2.73 bits per heavy atom. The molecule has 0 saturated carbocycles. The Labute approximate surface area is 150 Å². The smallest absolute Gasteiger partial charge is 0.334 e. The Hall–Kier alpha value is -2.41. The Kier molecular flexibility index (Phi) is 3.63. The molecule has 0 unspecified atom stereocenters. The van der Waals surface area contributed by atoms with Crippen molar-refractivity contribution in [3.8, 4) is 0 Å². The van der Waals surface area contributed by atoms with Gasteiger partial charge in [0.1, 0.15) is 24.4 Å². The number of rotatable bonds is 2. The number of esters is 3. The number of fused-ring (bicyclic) bond motifs is 4. The molecule has 3 heterocycles. The second kappa shape index (κ2) is 5.54. The Bertz CT molecular complexity index is 779. The Morgan fingerprint density at radius 1 is 1.31 bits per heavy atom. The highest BCUT2D eigenvalue weighted by Gasteiger charge is 2.65. The lowest BCUT2D eigenvalue weighted by atomic mass is 9.82. The number of carbonyl (C=O) groups excluding carboxylic acids is 3. The minimum Gasteiger partial charge on any atom is -0.458 e. The highest BCUT2D eigenvalue weighted by Crippen LogP contribution is 2.51. The topological polar surface area (TPSA) is 91.4 Å². The van der Waals surface area contributed by atoms with E-state index in [4.69, 9.17) is 18.9 Å². The van der Waals surface area contributed by atoms with Gasteiger partial charge in [0.25, 0.3) is 0 Å². The monoisotopic (exact) mass is 360 g/mol. The van der Waals surface area contributed by atoms with Gasteiger partial charge in [-0.05, 0) is 19.9 Å². The normalized spacial score (nSPS) is 40.6. The zero-order chi connectivity index (χ0) is 18.8. The van der Waals surface area contributed by atoms with Gasteiger partial charge in [-0.2, -0.15) is 0 Å². The molecule has 2 bridgehead atoms. The van der Waals surface area contributed by atoms with Crippen molar-refractivity contribution < 1.29 is 33.3 Å². The van der Waals surface area contributed by atoms with Crippen molar-refractivity contribution in [1.29, 1.82) is 0 Å². The molecule has 7 heteroatoms. The average molecular weight is 360 g/mol. The standard InChI is InChI=1S/C19H20O7/c1-8(2)16(20)24-12-6-10-5-11(23-18(10)22)7-19(4)15(26-19)14-13(12)9(3)17(21)25-14/h5,11-15H,1,3,6-7H2,2,4H3/t11-,12-,13-,14+,15+,19-/m1/s1. The minimum atomic E-state index is -0.799. The molecule has 2 fully saturated rings. The van der Waals surface area contributed by atoms with Gasteiger partial charge in [0.2, 0.25) is 0 Å². The fourth-order valence-corrected chi connectivity index (χ4v) is 4.02. The van der Waals surface area contributed by atoms with Crippen LogP contribution in [-0.4, -0.2) is 47.9 Å². The van der Waals surface area contributed by atoms with Crippen LogP contribution in [0.2, 0.25) is 0 Å². The maximum atomic E-state index is 12.2. The molecule has 4 rings (SSSR count). The van der Waals surface area contributed by atoms with Crippen molar-refractivity contribution in [3.05, 3.63) is 36.0 Å². The lowest BCUT2D eigenvalue weighted by molar-refractivity contribution is -0.149. The van der Waals surface area contributed by atoms with E-state index in [1.165, 1.54) is 6.92 Å². The van der Waals surface area contributed by atoms with Crippen molar-refractivity contribution in [2.24, 2.45) is 5.92 Å². The molecule has 26 heavy (non-hydrogen) atoms. The molecule has 7 nitrogen and oxygen atoms in total. The van der Waals surface area contributed by atoms with Crippen molar-refractivity contribution in [2.75, 3.05) is 0 Å². The van der Waals surface area contributed by atoms with Gasteiger partial charge < -0.3 is 18.9 Å². The molecular formula is C19H20O7. The van der Waals surface area contributed by atoms with E-state index in [1.54, 1.807) is 6.08 Å². The van der Waals surface area contributed by atoms with E-state index in [1.807, 2.05) is 6.92 Å². The predicted molar refractivity (Wildman–Crippen MR) is 87.7 cm³/mol. The number of ether oxygens (including phenoxy) is 4. The molecule has 0 radical (unpaired) electrons. The van der Waals surface area contributed by atoms with E-state index in [9.17, 15) is 14.4 Å². The van der Waals surface area contributed by atoms with E-state index in [2.05, 4.69) is 13.2 Å². The van der Waals surface area contributed by atoms with Crippen LogP contribution in [0.25, 0.3) is 0 Å². The molecule has 2 saturated heterocycles. The summed E-state index contributed by atoms with van der Waals surface area (Å²) >= 11 is 0. The molecule has 4 aliphatic rings. The van der Waals surface area contributed by atoms with Crippen molar-refractivity contribution >= 4 is 17.9 Å². The molecule has 0 N–H and O–H groups in total. The fourth-order valence-electron chi connectivity index (χ4n) is 4.02. The molecule has 6 atom stereocenters. The van der Waals surface area contributed by atoms with E-state index >= 15 is 0 Å². The van der Waals surface area contributed by atoms with Crippen LogP contribution in [0.5, 0.6) is 0 Å². The van der Waals surface area contributed by atoms with Crippen LogP contribution in [0.15, 0.2) is 36.0 Å². The molecule has 0 amide bonds. The first-order valence-corrected chi connectivity index (χ1v) is 8.55. The first-order chi connectivity index (χ1) is 12.2. The summed E-state index contributed by atoms with van der Waals surface area (Å²) in [6.45, 7) is 10.8. The van der Waals surface area contributed by atoms with Crippen LogP contribution in [0.1, 0.15) is 26.7 Å². The number of hydrogen-bond acceptors (Lipinski definition) is 7. The summed E-state index contributed by atoms with van der Waals surface area (Å²) in [6, 6.07) is 0. The van der Waals surface area contributed by atoms with Gasteiger partial charge in [-0.3, -0.25) is 0 Å². The van der Waals surface area contributed by atoms with Gasteiger partial charge in [-0.15, -0.1) is 0 Å². The lowest BCUT2D eigenvalue weighted by Crippen LogP contribution is -2.39. The van der Waals surface area contributed by atoms with Crippen molar-refractivity contribution in [3.63, 3.8) is 0 Å². The van der Waals surface area contributed by atoms with Crippen LogP contribution < -0.4 is 0 Å². The highest BCUT2D eigenvalue weighted by atomic mass is 16.7.